The van der Waals surface area contributed by atoms with Crippen molar-refractivity contribution in [3.8, 4) is 0 Å². The van der Waals surface area contributed by atoms with Crippen LogP contribution in [0.25, 0.3) is 0 Å². The minimum atomic E-state index is 0.365. The van der Waals surface area contributed by atoms with Gasteiger partial charge in [0, 0.05) is 6.04 Å². The summed E-state index contributed by atoms with van der Waals surface area (Å²) in [5, 5.41) is 3.62. The summed E-state index contributed by atoms with van der Waals surface area (Å²) in [7, 11) is 0. The molecule has 0 saturated carbocycles. The molecular weight excluding hydrogens is 222 g/mol. The highest BCUT2D eigenvalue weighted by atomic mass is 16.3. The van der Waals surface area contributed by atoms with Crippen LogP contribution in [0.3, 0.4) is 0 Å². The molecule has 1 heterocycles. The van der Waals surface area contributed by atoms with Gasteiger partial charge in [0.05, 0.1) is 12.5 Å². The van der Waals surface area contributed by atoms with Gasteiger partial charge in [0.25, 0.3) is 0 Å². The number of benzene rings is 1. The summed E-state index contributed by atoms with van der Waals surface area (Å²) >= 11 is 0. The Kier molecular flexibility index (Phi) is 4.59. The molecule has 1 unspecified atom stereocenters. The molecule has 2 rings (SSSR count). The maximum absolute atomic E-state index is 5.16. The highest BCUT2D eigenvalue weighted by Crippen LogP contribution is 2.21. The second-order valence-electron chi connectivity index (χ2n) is 4.70. The Morgan fingerprint density at radius 3 is 2.72 bits per heavy atom. The van der Waals surface area contributed by atoms with Crippen molar-refractivity contribution >= 4 is 0 Å². The maximum atomic E-state index is 5.16. The fourth-order valence-corrected chi connectivity index (χ4v) is 2.23. The zero-order valence-corrected chi connectivity index (χ0v) is 11.1. The van der Waals surface area contributed by atoms with Crippen LogP contribution >= 0.6 is 0 Å². The highest BCUT2D eigenvalue weighted by molar-refractivity contribution is 5.30. The van der Waals surface area contributed by atoms with Crippen molar-refractivity contribution in [2.45, 2.75) is 32.7 Å². The number of rotatable bonds is 6. The molecule has 0 fully saturated rings. The standard InChI is InChI=1S/C16H21NO/c1-3-9-17-16(11-14-8-10-18-12-14)15-7-5-4-6-13(15)2/h4-8,10,12,16-17H,3,9,11H2,1-2H3. The van der Waals surface area contributed by atoms with Gasteiger partial charge in [-0.2, -0.15) is 0 Å². The molecule has 2 nitrogen and oxygen atoms in total. The summed E-state index contributed by atoms with van der Waals surface area (Å²) in [4.78, 5) is 0. The Balaban J connectivity index is 2.16. The van der Waals surface area contributed by atoms with E-state index in [4.69, 9.17) is 4.42 Å². The predicted molar refractivity (Wildman–Crippen MR) is 74.6 cm³/mol. The van der Waals surface area contributed by atoms with Crippen LogP contribution in [0.1, 0.15) is 36.1 Å². The van der Waals surface area contributed by atoms with Gasteiger partial charge in [0.1, 0.15) is 0 Å². The van der Waals surface area contributed by atoms with E-state index in [1.54, 1.807) is 6.26 Å². The molecular formula is C16H21NO. The number of hydrogen-bond acceptors (Lipinski definition) is 2. The molecule has 1 N–H and O–H groups in total. The van der Waals surface area contributed by atoms with Crippen molar-refractivity contribution in [3.63, 3.8) is 0 Å². The van der Waals surface area contributed by atoms with E-state index in [1.165, 1.54) is 16.7 Å². The molecule has 0 radical (unpaired) electrons. The molecule has 0 amide bonds. The molecule has 2 aromatic rings. The zero-order chi connectivity index (χ0) is 12.8. The van der Waals surface area contributed by atoms with E-state index in [2.05, 4.69) is 43.4 Å². The average molecular weight is 243 g/mol. The smallest absolute Gasteiger partial charge is 0.0935 e. The Hall–Kier alpha value is -1.54. The fraction of sp³-hybridized carbons (Fsp3) is 0.375. The van der Waals surface area contributed by atoms with Gasteiger partial charge in [0.15, 0.2) is 0 Å². The number of furan rings is 1. The molecule has 0 aliphatic heterocycles. The van der Waals surface area contributed by atoms with Crippen LogP contribution < -0.4 is 5.32 Å². The first kappa shape index (κ1) is 12.9. The number of aryl methyl sites for hydroxylation is 1. The Bertz CT molecular complexity index is 462. The maximum Gasteiger partial charge on any atom is 0.0935 e. The molecule has 18 heavy (non-hydrogen) atoms. The summed E-state index contributed by atoms with van der Waals surface area (Å²) in [5.41, 5.74) is 3.97. The van der Waals surface area contributed by atoms with Crippen molar-refractivity contribution in [2.24, 2.45) is 0 Å². The lowest BCUT2D eigenvalue weighted by Crippen LogP contribution is -2.24. The van der Waals surface area contributed by atoms with Crippen LogP contribution in [0, 0.1) is 6.92 Å². The Morgan fingerprint density at radius 2 is 2.06 bits per heavy atom. The van der Waals surface area contributed by atoms with Gasteiger partial charge in [-0.3, -0.25) is 0 Å². The third kappa shape index (κ3) is 3.23. The molecule has 0 aliphatic carbocycles. The largest absolute Gasteiger partial charge is 0.472 e. The average Bonchev–Trinajstić information content (AvgIpc) is 2.88. The molecule has 0 bridgehead atoms. The van der Waals surface area contributed by atoms with Crippen molar-refractivity contribution in [2.75, 3.05) is 6.54 Å². The van der Waals surface area contributed by atoms with Gasteiger partial charge in [-0.05, 0) is 49.1 Å². The van der Waals surface area contributed by atoms with Gasteiger partial charge in [0.2, 0.25) is 0 Å². The first-order valence-corrected chi connectivity index (χ1v) is 6.61. The van der Waals surface area contributed by atoms with Gasteiger partial charge in [-0.15, -0.1) is 0 Å². The quantitative estimate of drug-likeness (QED) is 0.833. The van der Waals surface area contributed by atoms with Gasteiger partial charge in [-0.1, -0.05) is 31.2 Å². The van der Waals surface area contributed by atoms with Gasteiger partial charge in [-0.25, -0.2) is 0 Å². The molecule has 1 atom stereocenters. The normalized spacial score (nSPS) is 12.6. The summed E-state index contributed by atoms with van der Waals surface area (Å²) in [6, 6.07) is 11.0. The predicted octanol–water partition coefficient (Wildman–Crippen LogP) is 3.87. The SMILES string of the molecule is CCCNC(Cc1ccoc1)c1ccccc1C. The van der Waals surface area contributed by atoms with Crippen LogP contribution in [0.5, 0.6) is 0 Å². The van der Waals surface area contributed by atoms with E-state index < -0.39 is 0 Å². The molecule has 1 aromatic carbocycles. The first-order chi connectivity index (χ1) is 8.81. The van der Waals surface area contributed by atoms with Crippen LogP contribution in [-0.4, -0.2) is 6.54 Å². The second kappa shape index (κ2) is 6.41. The molecule has 0 aliphatic rings. The topological polar surface area (TPSA) is 25.2 Å². The van der Waals surface area contributed by atoms with Gasteiger partial charge < -0.3 is 9.73 Å². The van der Waals surface area contributed by atoms with E-state index in [9.17, 15) is 0 Å². The van der Waals surface area contributed by atoms with Crippen molar-refractivity contribution in [1.29, 1.82) is 0 Å². The monoisotopic (exact) mass is 243 g/mol. The minimum Gasteiger partial charge on any atom is -0.472 e. The lowest BCUT2D eigenvalue weighted by molar-refractivity contribution is 0.519. The first-order valence-electron chi connectivity index (χ1n) is 6.61. The summed E-state index contributed by atoms with van der Waals surface area (Å²) in [6.07, 6.45) is 5.69. The molecule has 0 spiro atoms. The summed E-state index contributed by atoms with van der Waals surface area (Å²) in [5.74, 6) is 0. The van der Waals surface area contributed by atoms with Crippen LogP contribution in [0.4, 0.5) is 0 Å². The number of hydrogen-bond donors (Lipinski definition) is 1. The summed E-state index contributed by atoms with van der Waals surface area (Å²) in [6.45, 7) is 5.40. The molecule has 2 heteroatoms. The summed E-state index contributed by atoms with van der Waals surface area (Å²) < 4.78 is 5.16. The van der Waals surface area contributed by atoms with Crippen molar-refractivity contribution < 1.29 is 4.42 Å². The third-order valence-corrected chi connectivity index (χ3v) is 3.22. The van der Waals surface area contributed by atoms with Crippen LogP contribution in [0.15, 0.2) is 47.3 Å². The highest BCUT2D eigenvalue weighted by Gasteiger charge is 2.13. The lowest BCUT2D eigenvalue weighted by atomic mass is 9.96. The van der Waals surface area contributed by atoms with E-state index in [0.717, 1.165) is 19.4 Å². The van der Waals surface area contributed by atoms with Crippen LogP contribution in [-0.2, 0) is 6.42 Å². The molecule has 1 aromatic heterocycles. The number of nitrogens with one attached hydrogen (secondary N) is 1. The van der Waals surface area contributed by atoms with Gasteiger partial charge >= 0.3 is 0 Å². The van der Waals surface area contributed by atoms with E-state index in [0.29, 0.717) is 6.04 Å². The Labute approximate surface area is 109 Å². The van der Waals surface area contributed by atoms with E-state index in [1.807, 2.05) is 12.3 Å². The third-order valence-electron chi connectivity index (χ3n) is 3.22. The lowest BCUT2D eigenvalue weighted by Gasteiger charge is -2.20. The van der Waals surface area contributed by atoms with Crippen molar-refractivity contribution in [1.82, 2.24) is 5.32 Å². The van der Waals surface area contributed by atoms with E-state index >= 15 is 0 Å². The van der Waals surface area contributed by atoms with Crippen LogP contribution in [0.2, 0.25) is 0 Å². The molecule has 96 valence electrons. The fourth-order valence-electron chi connectivity index (χ4n) is 2.23. The molecule has 0 saturated heterocycles. The Morgan fingerprint density at radius 1 is 1.22 bits per heavy atom. The zero-order valence-electron chi connectivity index (χ0n) is 11.1. The second-order valence-corrected chi connectivity index (χ2v) is 4.70. The van der Waals surface area contributed by atoms with E-state index in [-0.39, 0.29) is 0 Å². The van der Waals surface area contributed by atoms with Crippen molar-refractivity contribution in [3.05, 3.63) is 59.5 Å². The minimum absolute atomic E-state index is 0.365.